The van der Waals surface area contributed by atoms with Crippen LogP contribution in [-0.4, -0.2) is 75.3 Å². The number of rotatable bonds is 4. The fourth-order valence-electron chi connectivity index (χ4n) is 9.96. The van der Waals surface area contributed by atoms with Crippen LogP contribution in [0, 0.1) is 0 Å². The summed E-state index contributed by atoms with van der Waals surface area (Å²) >= 11 is 0. The largest absolute Gasteiger partial charge is 0.508 e. The second-order valence-electron chi connectivity index (χ2n) is 16.3. The first-order valence-corrected chi connectivity index (χ1v) is 19.9. The molecule has 16 nitrogen and oxygen atoms in total. The Balaban J connectivity index is 1.19. The van der Waals surface area contributed by atoms with Gasteiger partial charge < -0.3 is 74.7 Å². The quantitative estimate of drug-likeness (QED) is 0.0800. The van der Waals surface area contributed by atoms with Crippen LogP contribution in [0.15, 0.2) is 97.1 Å². The van der Waals surface area contributed by atoms with Gasteiger partial charge in [0.05, 0.1) is 18.3 Å². The minimum absolute atomic E-state index is 0.00466. The normalized spacial score (nSPS) is 27.1. The second-order valence-corrected chi connectivity index (χ2v) is 16.3. The molecule has 0 saturated heterocycles. The van der Waals surface area contributed by atoms with E-state index in [-0.39, 0.29) is 91.5 Å². The maximum Gasteiger partial charge on any atom is 0.311 e. The molecule has 0 spiro atoms. The highest BCUT2D eigenvalue weighted by atomic mass is 16.7. The molecular weight excluding hydrogens is 821 g/mol. The van der Waals surface area contributed by atoms with E-state index in [1.165, 1.54) is 91.0 Å². The Labute approximate surface area is 355 Å². The number of carbonyl (C=O) groups is 1. The summed E-state index contributed by atoms with van der Waals surface area (Å²) in [6.07, 6.45) is -7.56. The number of esters is 1. The van der Waals surface area contributed by atoms with Crippen molar-refractivity contribution in [1.29, 1.82) is 0 Å². The molecule has 63 heavy (non-hydrogen) atoms. The Bertz CT molecular complexity index is 2880. The van der Waals surface area contributed by atoms with Crippen LogP contribution in [0.25, 0.3) is 0 Å². The molecule has 0 radical (unpaired) electrons. The van der Waals surface area contributed by atoms with E-state index < -0.39 is 77.3 Å². The molecule has 6 aromatic rings. The van der Waals surface area contributed by atoms with E-state index in [4.69, 9.17) is 23.7 Å². The van der Waals surface area contributed by atoms with Crippen LogP contribution in [0.2, 0.25) is 0 Å². The summed E-state index contributed by atoms with van der Waals surface area (Å²) < 4.78 is 31.8. The lowest BCUT2D eigenvalue weighted by atomic mass is 9.71. The Morgan fingerprint density at radius 1 is 0.492 bits per heavy atom. The summed E-state index contributed by atoms with van der Waals surface area (Å²) in [6.45, 7) is 0. The number of hydrogen-bond donors (Lipinski definition) is 10. The van der Waals surface area contributed by atoms with Gasteiger partial charge in [-0.2, -0.15) is 0 Å². The van der Waals surface area contributed by atoms with E-state index in [1.807, 2.05) is 0 Å². The van der Waals surface area contributed by atoms with Crippen LogP contribution in [0.1, 0.15) is 80.9 Å². The number of aliphatic hydroxyl groups is 3. The van der Waals surface area contributed by atoms with E-state index in [0.717, 1.165) is 6.07 Å². The molecule has 0 amide bonds. The van der Waals surface area contributed by atoms with Gasteiger partial charge in [0.15, 0.2) is 12.2 Å². The topological polar surface area (TPSA) is 266 Å². The van der Waals surface area contributed by atoms with Crippen molar-refractivity contribution >= 4 is 5.97 Å². The maximum absolute atomic E-state index is 13.0. The number of ether oxygens (including phenoxy) is 5. The molecule has 5 aliphatic rings. The van der Waals surface area contributed by atoms with Gasteiger partial charge in [0.2, 0.25) is 0 Å². The molecule has 10 N–H and O–H groups in total. The highest BCUT2D eigenvalue weighted by Crippen LogP contribution is 2.66. The van der Waals surface area contributed by atoms with Crippen molar-refractivity contribution in [2.75, 3.05) is 0 Å². The summed E-state index contributed by atoms with van der Waals surface area (Å²) in [5.41, 5.74) is 0.990. The number of fused-ring (bicyclic) bond motifs is 8. The van der Waals surface area contributed by atoms with Crippen molar-refractivity contribution in [2.45, 2.75) is 60.5 Å². The van der Waals surface area contributed by atoms with Gasteiger partial charge in [0, 0.05) is 63.6 Å². The summed E-state index contributed by atoms with van der Waals surface area (Å²) in [5, 5.41) is 114. The third-order valence-electron chi connectivity index (χ3n) is 12.7. The van der Waals surface area contributed by atoms with Gasteiger partial charge in [-0.05, 0) is 59.7 Å². The smallest absolute Gasteiger partial charge is 0.311 e. The first-order chi connectivity index (χ1) is 30.2. The van der Waals surface area contributed by atoms with Crippen molar-refractivity contribution in [3.63, 3.8) is 0 Å². The monoisotopic (exact) mass is 856 g/mol. The van der Waals surface area contributed by atoms with Gasteiger partial charge in [0.1, 0.15) is 87.3 Å². The first kappa shape index (κ1) is 38.4. The predicted octanol–water partition coefficient (Wildman–Crippen LogP) is 5.27. The molecule has 0 aliphatic carbocycles. The molecule has 0 fully saturated rings. The maximum atomic E-state index is 13.0. The van der Waals surface area contributed by atoms with Gasteiger partial charge in [-0.15, -0.1) is 0 Å². The van der Waals surface area contributed by atoms with Gasteiger partial charge in [0.25, 0.3) is 0 Å². The minimum atomic E-state index is -2.10. The van der Waals surface area contributed by atoms with Crippen LogP contribution in [0.4, 0.5) is 0 Å². The van der Waals surface area contributed by atoms with Crippen molar-refractivity contribution in [3.8, 4) is 69.0 Å². The lowest BCUT2D eigenvalue weighted by Crippen LogP contribution is -2.57. The summed E-state index contributed by atoms with van der Waals surface area (Å²) in [7, 11) is 0. The van der Waals surface area contributed by atoms with E-state index in [2.05, 4.69) is 0 Å². The number of aromatic hydroxyl groups is 7. The third kappa shape index (κ3) is 5.54. The average Bonchev–Trinajstić information content (AvgIpc) is 3.23. The summed E-state index contributed by atoms with van der Waals surface area (Å²) in [4.78, 5) is 13.0. The van der Waals surface area contributed by atoms with Gasteiger partial charge in [-0.1, -0.05) is 24.3 Å². The number of hydrogen-bond acceptors (Lipinski definition) is 16. The highest BCUT2D eigenvalue weighted by Gasteiger charge is 2.61. The first-order valence-electron chi connectivity index (χ1n) is 19.9. The van der Waals surface area contributed by atoms with E-state index in [0.29, 0.717) is 11.1 Å². The molecule has 0 saturated carbocycles. The minimum Gasteiger partial charge on any atom is -0.508 e. The van der Waals surface area contributed by atoms with E-state index in [1.54, 1.807) is 0 Å². The molecule has 6 aromatic carbocycles. The Hall–Kier alpha value is -7.53. The van der Waals surface area contributed by atoms with Crippen LogP contribution in [-0.2, 0) is 10.6 Å². The molecule has 9 atom stereocenters. The number of carbonyl (C=O) groups excluding carboxylic acids is 1. The van der Waals surface area contributed by atoms with Gasteiger partial charge in [-0.3, -0.25) is 4.79 Å². The van der Waals surface area contributed by atoms with E-state index >= 15 is 0 Å². The van der Waals surface area contributed by atoms with Crippen LogP contribution in [0.3, 0.4) is 0 Å². The standard InChI is InChI=1S/C47H36O16/c48-21-7-1-18(2-8-21)42-40(56)25-15-32(55)59-29-16-27(53)35(44(60-42)33(25)29)38-36-28(54)17-31-37(45(36)61-43(41(38)57)19-3-9-22(49)10-4-19)39-34-26(52)13-24(51)14-30(34)62-47(63-31,46(39)58)20-5-11-23(50)12-6-20/h1-14,16-17,25,38-43,46,48-54,56-58H,15H2/t25-,38-,39+,40+,41+,42+,43+,46+,47-/m0/s1. The van der Waals surface area contributed by atoms with Crippen molar-refractivity contribution in [2.24, 2.45) is 0 Å². The molecule has 5 heterocycles. The van der Waals surface area contributed by atoms with Crippen molar-refractivity contribution in [1.82, 2.24) is 0 Å². The molecule has 2 bridgehead atoms. The lowest BCUT2D eigenvalue weighted by Gasteiger charge is -2.51. The predicted molar refractivity (Wildman–Crippen MR) is 215 cm³/mol. The van der Waals surface area contributed by atoms with E-state index in [9.17, 15) is 55.9 Å². The Morgan fingerprint density at radius 2 is 0.984 bits per heavy atom. The van der Waals surface area contributed by atoms with Crippen LogP contribution >= 0.6 is 0 Å². The molecule has 0 aromatic heterocycles. The molecule has 11 rings (SSSR count). The summed E-state index contributed by atoms with van der Waals surface area (Å²) in [6, 6.07) is 21.9. The number of benzene rings is 6. The molecule has 5 aliphatic heterocycles. The average molecular weight is 857 g/mol. The van der Waals surface area contributed by atoms with Crippen LogP contribution < -0.4 is 23.7 Å². The fraction of sp³-hybridized carbons (Fsp3) is 0.213. The molecule has 320 valence electrons. The second kappa shape index (κ2) is 13.5. The van der Waals surface area contributed by atoms with Crippen LogP contribution in [0.5, 0.6) is 69.0 Å². The Kier molecular flexibility index (Phi) is 8.22. The summed E-state index contributed by atoms with van der Waals surface area (Å²) in [5.74, 6) is -9.21. The highest BCUT2D eigenvalue weighted by molar-refractivity contribution is 5.80. The number of aliphatic hydroxyl groups excluding tert-OH is 3. The van der Waals surface area contributed by atoms with Crippen molar-refractivity contribution < 1.29 is 79.5 Å². The van der Waals surface area contributed by atoms with Crippen molar-refractivity contribution in [3.05, 3.63) is 142 Å². The zero-order chi connectivity index (χ0) is 43.8. The lowest BCUT2D eigenvalue weighted by molar-refractivity contribution is -0.219. The van der Waals surface area contributed by atoms with Gasteiger partial charge in [-0.25, -0.2) is 0 Å². The number of phenols is 7. The molecule has 0 unspecified atom stereocenters. The van der Waals surface area contributed by atoms with Gasteiger partial charge >= 0.3 is 11.8 Å². The molecular formula is C47H36O16. The Morgan fingerprint density at radius 3 is 1.57 bits per heavy atom. The third-order valence-corrected chi connectivity index (χ3v) is 12.7. The zero-order valence-corrected chi connectivity index (χ0v) is 32.5. The zero-order valence-electron chi connectivity index (χ0n) is 32.5. The molecule has 16 heteroatoms. The number of phenolic OH excluding ortho intramolecular Hbond substituents is 7. The fourth-order valence-corrected chi connectivity index (χ4v) is 9.96. The SMILES string of the molecule is O=C1C[C@H]2c3c(cc(O)c([C@H]4c5c(O)cc6c(c5O[C@H](c5ccc(O)cc5)[C@@H]4O)[C@H]4c5c(O)cc(O)cc5O[C@@](c5ccc(O)cc5)(O6)[C@@H]4O)c3O[C@H](c3ccc(O)cc3)[C@@H]2O)O1.